The van der Waals surface area contributed by atoms with Crippen molar-refractivity contribution in [2.24, 2.45) is 5.92 Å². The van der Waals surface area contributed by atoms with Gasteiger partial charge in [-0.1, -0.05) is 37.6 Å². The minimum absolute atomic E-state index is 0.248. The molecule has 0 saturated carbocycles. The molecule has 3 aromatic heterocycles. The van der Waals surface area contributed by atoms with Gasteiger partial charge in [-0.25, -0.2) is 9.78 Å². The molecule has 33 heavy (non-hydrogen) atoms. The van der Waals surface area contributed by atoms with E-state index in [1.54, 1.807) is 11.3 Å². The van der Waals surface area contributed by atoms with Crippen molar-refractivity contribution in [3.8, 4) is 10.6 Å². The first-order valence-corrected chi connectivity index (χ1v) is 12.8. The molecule has 5 nitrogen and oxygen atoms in total. The maximum atomic E-state index is 13.6. The number of nitrogens with zero attached hydrogens (tertiary/aromatic N) is 1. The molecule has 0 radical (unpaired) electrons. The number of methoxy groups -OCH3 is 1. The molecule has 7 heteroatoms. The molecule has 1 amide bonds. The summed E-state index contributed by atoms with van der Waals surface area (Å²) in [5, 5.41) is 6.40. The van der Waals surface area contributed by atoms with Crippen LogP contribution in [0.4, 0.5) is 5.00 Å². The van der Waals surface area contributed by atoms with Gasteiger partial charge < -0.3 is 10.1 Å². The second-order valence-electron chi connectivity index (χ2n) is 8.22. The monoisotopic (exact) mass is 476 g/mol. The highest BCUT2D eigenvalue weighted by molar-refractivity contribution is 7.17. The highest BCUT2D eigenvalue weighted by Crippen LogP contribution is 2.41. The average Bonchev–Trinajstić information content (AvgIpc) is 3.50. The first-order chi connectivity index (χ1) is 16.1. The number of para-hydroxylation sites is 1. The van der Waals surface area contributed by atoms with Crippen LogP contribution < -0.4 is 5.32 Å². The van der Waals surface area contributed by atoms with E-state index in [2.05, 4.69) is 12.2 Å². The van der Waals surface area contributed by atoms with Gasteiger partial charge in [0.05, 0.1) is 34.3 Å². The lowest BCUT2D eigenvalue weighted by Gasteiger charge is -2.20. The standard InChI is InChI=1S/C26H24N2O3S2/c1-3-15-10-11-17-22(13-15)33-25(23(17)26(30)31-2)28-24(29)18-14-20(21-9-6-12-32-21)27-19-8-5-4-7-16(18)19/h4-9,12,14-15H,3,10-11,13H2,1-2H3,(H,28,29)/t15-/m1/s1. The quantitative estimate of drug-likeness (QED) is 0.330. The number of benzene rings is 1. The summed E-state index contributed by atoms with van der Waals surface area (Å²) in [7, 11) is 1.39. The molecule has 1 N–H and O–H groups in total. The molecule has 5 rings (SSSR count). The van der Waals surface area contributed by atoms with E-state index < -0.39 is 5.97 Å². The highest BCUT2D eigenvalue weighted by atomic mass is 32.1. The van der Waals surface area contributed by atoms with Crippen LogP contribution >= 0.6 is 22.7 Å². The predicted octanol–water partition coefficient (Wildman–Crippen LogP) is 6.58. The third-order valence-electron chi connectivity index (χ3n) is 6.30. The van der Waals surface area contributed by atoms with Gasteiger partial charge in [-0.3, -0.25) is 4.79 Å². The summed E-state index contributed by atoms with van der Waals surface area (Å²) < 4.78 is 5.09. The smallest absolute Gasteiger partial charge is 0.341 e. The molecule has 0 bridgehead atoms. The van der Waals surface area contributed by atoms with E-state index in [0.29, 0.717) is 22.0 Å². The lowest BCUT2D eigenvalue weighted by molar-refractivity contribution is 0.0601. The molecular weight excluding hydrogens is 452 g/mol. The molecular formula is C26H24N2O3S2. The van der Waals surface area contributed by atoms with Crippen molar-refractivity contribution in [3.63, 3.8) is 0 Å². The van der Waals surface area contributed by atoms with Gasteiger partial charge in [-0.2, -0.15) is 0 Å². The normalized spacial score (nSPS) is 15.3. The number of carbonyl (C=O) groups is 2. The summed E-state index contributed by atoms with van der Waals surface area (Å²) in [6.07, 6.45) is 3.94. The second kappa shape index (κ2) is 9.08. The van der Waals surface area contributed by atoms with E-state index >= 15 is 0 Å². The fraction of sp³-hybridized carbons (Fsp3) is 0.269. The first kappa shape index (κ1) is 21.8. The Balaban J connectivity index is 1.57. The number of rotatable bonds is 5. The number of thiophene rings is 2. The maximum Gasteiger partial charge on any atom is 0.341 e. The van der Waals surface area contributed by atoms with Crippen molar-refractivity contribution in [2.45, 2.75) is 32.6 Å². The SMILES string of the molecule is CC[C@@H]1CCc2c(sc(NC(=O)c3cc(-c4cccs4)nc4ccccc34)c2C(=O)OC)C1. The molecule has 4 aromatic rings. The Hall–Kier alpha value is -3.03. The highest BCUT2D eigenvalue weighted by Gasteiger charge is 2.30. The molecule has 1 aliphatic rings. The molecule has 0 aliphatic heterocycles. The van der Waals surface area contributed by atoms with Crippen LogP contribution in [-0.2, 0) is 17.6 Å². The molecule has 0 fully saturated rings. The molecule has 168 valence electrons. The van der Waals surface area contributed by atoms with Gasteiger partial charge in [0.1, 0.15) is 5.00 Å². The number of carbonyl (C=O) groups excluding carboxylic acids is 2. The summed E-state index contributed by atoms with van der Waals surface area (Å²) in [6, 6.07) is 13.4. The Labute approximate surface area is 200 Å². The van der Waals surface area contributed by atoms with E-state index in [0.717, 1.165) is 52.7 Å². The lowest BCUT2D eigenvalue weighted by Crippen LogP contribution is -2.17. The maximum absolute atomic E-state index is 13.6. The number of hydrogen-bond donors (Lipinski definition) is 1. The van der Waals surface area contributed by atoms with Gasteiger partial charge >= 0.3 is 5.97 Å². The minimum atomic E-state index is -0.392. The summed E-state index contributed by atoms with van der Waals surface area (Å²) >= 11 is 3.09. The molecule has 1 aliphatic carbocycles. The number of ether oxygens (including phenoxy) is 1. The van der Waals surface area contributed by atoms with E-state index in [4.69, 9.17) is 9.72 Å². The number of fused-ring (bicyclic) bond motifs is 2. The minimum Gasteiger partial charge on any atom is -0.465 e. The Morgan fingerprint density at radius 1 is 1.21 bits per heavy atom. The molecule has 3 heterocycles. The van der Waals surface area contributed by atoms with Crippen molar-refractivity contribution in [2.75, 3.05) is 12.4 Å². The zero-order chi connectivity index (χ0) is 22.9. The van der Waals surface area contributed by atoms with Crippen molar-refractivity contribution >= 4 is 50.5 Å². The molecule has 0 unspecified atom stereocenters. The van der Waals surface area contributed by atoms with Crippen LogP contribution in [-0.4, -0.2) is 24.0 Å². The van der Waals surface area contributed by atoms with Gasteiger partial charge in [0.25, 0.3) is 5.91 Å². The Morgan fingerprint density at radius 2 is 2.06 bits per heavy atom. The van der Waals surface area contributed by atoms with Crippen LogP contribution in [0, 0.1) is 5.92 Å². The van der Waals surface area contributed by atoms with Crippen LogP contribution in [0.2, 0.25) is 0 Å². The number of aromatic nitrogens is 1. The zero-order valence-electron chi connectivity index (χ0n) is 18.5. The summed E-state index contributed by atoms with van der Waals surface area (Å²) in [4.78, 5) is 33.2. The van der Waals surface area contributed by atoms with Crippen LogP contribution in [0.5, 0.6) is 0 Å². The van der Waals surface area contributed by atoms with Crippen LogP contribution in [0.15, 0.2) is 47.8 Å². The van der Waals surface area contributed by atoms with E-state index in [9.17, 15) is 9.59 Å². The van der Waals surface area contributed by atoms with Crippen molar-refractivity contribution < 1.29 is 14.3 Å². The van der Waals surface area contributed by atoms with E-state index in [1.165, 1.54) is 23.3 Å². The molecule has 0 spiro atoms. The van der Waals surface area contributed by atoms with Gasteiger partial charge in [0.15, 0.2) is 0 Å². The Bertz CT molecular complexity index is 1340. The summed E-state index contributed by atoms with van der Waals surface area (Å²) in [5.41, 5.74) is 3.61. The van der Waals surface area contributed by atoms with Gasteiger partial charge in [0, 0.05) is 10.3 Å². The van der Waals surface area contributed by atoms with Crippen molar-refractivity contribution in [1.29, 1.82) is 0 Å². The average molecular weight is 477 g/mol. The Kier molecular flexibility index (Phi) is 6.00. The topological polar surface area (TPSA) is 68.3 Å². The van der Waals surface area contributed by atoms with Gasteiger partial charge in [-0.05, 0) is 54.3 Å². The summed E-state index contributed by atoms with van der Waals surface area (Å²) in [6.45, 7) is 2.20. The third-order valence-corrected chi connectivity index (χ3v) is 8.36. The number of nitrogens with one attached hydrogen (secondary N) is 1. The number of esters is 1. The number of anilines is 1. The number of pyridine rings is 1. The fourth-order valence-corrected chi connectivity index (χ4v) is 6.52. The number of hydrogen-bond acceptors (Lipinski definition) is 6. The first-order valence-electron chi connectivity index (χ1n) is 11.1. The van der Waals surface area contributed by atoms with Gasteiger partial charge in [0.2, 0.25) is 0 Å². The predicted molar refractivity (Wildman–Crippen MR) is 134 cm³/mol. The molecule has 1 atom stereocenters. The summed E-state index contributed by atoms with van der Waals surface area (Å²) in [5.74, 6) is -0.0264. The van der Waals surface area contributed by atoms with Crippen LogP contribution in [0.3, 0.4) is 0 Å². The zero-order valence-corrected chi connectivity index (χ0v) is 20.1. The van der Waals surface area contributed by atoms with E-state index in [-0.39, 0.29) is 5.91 Å². The van der Waals surface area contributed by atoms with Crippen LogP contribution in [0.25, 0.3) is 21.5 Å². The number of amides is 1. The van der Waals surface area contributed by atoms with Crippen molar-refractivity contribution in [3.05, 3.63) is 69.4 Å². The fourth-order valence-electron chi connectivity index (χ4n) is 4.49. The second-order valence-corrected chi connectivity index (χ2v) is 10.3. The van der Waals surface area contributed by atoms with Gasteiger partial charge in [-0.15, -0.1) is 22.7 Å². The van der Waals surface area contributed by atoms with Crippen LogP contribution in [0.1, 0.15) is 50.9 Å². The third kappa shape index (κ3) is 4.07. The van der Waals surface area contributed by atoms with Crippen molar-refractivity contribution in [1.82, 2.24) is 4.98 Å². The largest absolute Gasteiger partial charge is 0.465 e. The molecule has 1 aromatic carbocycles. The van der Waals surface area contributed by atoms with E-state index in [1.807, 2.05) is 47.8 Å². The lowest BCUT2D eigenvalue weighted by atomic mass is 9.85. The molecule has 0 saturated heterocycles. The Morgan fingerprint density at radius 3 is 2.82 bits per heavy atom.